The number of rotatable bonds is 3. The number of pyridine rings is 1. The number of nitrogens with one attached hydrogen (secondary N) is 1. The predicted molar refractivity (Wildman–Crippen MR) is 70.5 cm³/mol. The van der Waals surface area contributed by atoms with Gasteiger partial charge in [0.15, 0.2) is 0 Å². The van der Waals surface area contributed by atoms with Gasteiger partial charge in [0.25, 0.3) is 6.01 Å². The van der Waals surface area contributed by atoms with Crippen molar-refractivity contribution in [3.05, 3.63) is 42.7 Å². The highest BCUT2D eigenvalue weighted by atomic mass is 16.5. The van der Waals surface area contributed by atoms with Crippen LogP contribution in [0.3, 0.4) is 0 Å². The Morgan fingerprint density at radius 1 is 1.22 bits per heavy atom. The van der Waals surface area contributed by atoms with E-state index in [0.717, 1.165) is 22.2 Å². The first-order valence-corrected chi connectivity index (χ1v) is 5.90. The molecule has 90 valence electrons. The van der Waals surface area contributed by atoms with E-state index in [9.17, 15) is 0 Å². The first-order valence-electron chi connectivity index (χ1n) is 5.90. The monoisotopic (exact) mass is 239 g/mol. The van der Waals surface area contributed by atoms with Crippen molar-refractivity contribution in [1.29, 1.82) is 0 Å². The third kappa shape index (κ3) is 1.93. The molecule has 3 rings (SSSR count). The lowest BCUT2D eigenvalue weighted by atomic mass is 10.1. The minimum Gasteiger partial charge on any atom is -0.465 e. The van der Waals surface area contributed by atoms with Crippen LogP contribution in [0.1, 0.15) is 6.92 Å². The molecule has 2 heterocycles. The maximum absolute atomic E-state index is 5.36. The van der Waals surface area contributed by atoms with Gasteiger partial charge in [0.05, 0.1) is 17.6 Å². The number of nitrogens with zero attached hydrogens (tertiary/aromatic N) is 2. The van der Waals surface area contributed by atoms with E-state index < -0.39 is 0 Å². The van der Waals surface area contributed by atoms with E-state index in [1.807, 2.05) is 43.5 Å². The highest BCUT2D eigenvalue weighted by Crippen LogP contribution is 2.24. The second-order valence-corrected chi connectivity index (χ2v) is 3.95. The first kappa shape index (κ1) is 10.8. The molecule has 4 heteroatoms. The zero-order chi connectivity index (χ0) is 12.4. The summed E-state index contributed by atoms with van der Waals surface area (Å²) < 4.78 is 5.36. The zero-order valence-corrected chi connectivity index (χ0v) is 10.1. The van der Waals surface area contributed by atoms with Crippen LogP contribution in [0.15, 0.2) is 42.7 Å². The third-order valence-electron chi connectivity index (χ3n) is 2.74. The Labute approximate surface area is 105 Å². The standard InChI is InChI=1S/C14H13N3O/c1-2-18-14-16-12-6-5-10(8-13(12)17-14)11-4-3-7-15-9-11/h3-9H,2H2,1H3,(H,16,17). The van der Waals surface area contributed by atoms with Crippen molar-refractivity contribution in [2.75, 3.05) is 6.61 Å². The first-order chi connectivity index (χ1) is 8.86. The molecule has 0 saturated heterocycles. The minimum atomic E-state index is 0.566. The summed E-state index contributed by atoms with van der Waals surface area (Å²) in [6.45, 7) is 2.55. The van der Waals surface area contributed by atoms with E-state index in [2.05, 4.69) is 15.0 Å². The SMILES string of the molecule is CCOc1nc2cc(-c3cccnc3)ccc2[nH]1. The minimum absolute atomic E-state index is 0.566. The summed E-state index contributed by atoms with van der Waals surface area (Å²) in [6.07, 6.45) is 3.61. The van der Waals surface area contributed by atoms with Gasteiger partial charge in [-0.3, -0.25) is 4.98 Å². The van der Waals surface area contributed by atoms with E-state index in [4.69, 9.17) is 4.74 Å². The highest BCUT2D eigenvalue weighted by Gasteiger charge is 2.05. The van der Waals surface area contributed by atoms with Crippen LogP contribution < -0.4 is 4.74 Å². The Kier molecular flexibility index (Phi) is 2.68. The molecule has 2 aromatic heterocycles. The molecule has 0 aliphatic heterocycles. The molecule has 1 N–H and O–H groups in total. The van der Waals surface area contributed by atoms with Gasteiger partial charge in [-0.1, -0.05) is 12.1 Å². The van der Waals surface area contributed by atoms with E-state index in [0.29, 0.717) is 12.6 Å². The van der Waals surface area contributed by atoms with Gasteiger partial charge in [-0.15, -0.1) is 0 Å². The fraction of sp³-hybridized carbons (Fsp3) is 0.143. The van der Waals surface area contributed by atoms with E-state index in [1.54, 1.807) is 6.20 Å². The summed E-state index contributed by atoms with van der Waals surface area (Å²) in [5.74, 6) is 0. The van der Waals surface area contributed by atoms with Gasteiger partial charge in [-0.2, -0.15) is 4.98 Å². The number of aromatic nitrogens is 3. The summed E-state index contributed by atoms with van der Waals surface area (Å²) >= 11 is 0. The third-order valence-corrected chi connectivity index (χ3v) is 2.74. The molecule has 4 nitrogen and oxygen atoms in total. The maximum atomic E-state index is 5.36. The smallest absolute Gasteiger partial charge is 0.294 e. The number of benzene rings is 1. The quantitative estimate of drug-likeness (QED) is 0.764. The van der Waals surface area contributed by atoms with Gasteiger partial charge in [0, 0.05) is 18.0 Å². The highest BCUT2D eigenvalue weighted by molar-refractivity contribution is 5.82. The molecule has 0 amide bonds. The van der Waals surface area contributed by atoms with E-state index in [-0.39, 0.29) is 0 Å². The maximum Gasteiger partial charge on any atom is 0.294 e. The number of aromatic amines is 1. The van der Waals surface area contributed by atoms with Crippen molar-refractivity contribution in [2.45, 2.75) is 6.92 Å². The van der Waals surface area contributed by atoms with Gasteiger partial charge in [-0.25, -0.2) is 0 Å². The Morgan fingerprint density at radius 3 is 2.94 bits per heavy atom. The normalized spacial score (nSPS) is 10.7. The lowest BCUT2D eigenvalue weighted by Gasteiger charge is -1.99. The van der Waals surface area contributed by atoms with E-state index >= 15 is 0 Å². The average Bonchev–Trinajstić information content (AvgIpc) is 2.81. The molecule has 0 spiro atoms. The molecule has 1 aromatic carbocycles. The Bertz CT molecular complexity index is 661. The van der Waals surface area contributed by atoms with Crippen molar-refractivity contribution in [1.82, 2.24) is 15.0 Å². The summed E-state index contributed by atoms with van der Waals surface area (Å²) in [5.41, 5.74) is 4.07. The molecule has 0 aliphatic carbocycles. The van der Waals surface area contributed by atoms with Crippen LogP contribution in [0.4, 0.5) is 0 Å². The van der Waals surface area contributed by atoms with Crippen molar-refractivity contribution in [2.24, 2.45) is 0 Å². The Morgan fingerprint density at radius 2 is 2.17 bits per heavy atom. The molecule has 0 radical (unpaired) electrons. The van der Waals surface area contributed by atoms with Crippen molar-refractivity contribution < 1.29 is 4.74 Å². The molecule has 18 heavy (non-hydrogen) atoms. The lowest BCUT2D eigenvalue weighted by Crippen LogP contribution is -1.92. The Hall–Kier alpha value is -2.36. The summed E-state index contributed by atoms with van der Waals surface area (Å²) in [5, 5.41) is 0. The molecule has 3 aromatic rings. The van der Waals surface area contributed by atoms with Crippen molar-refractivity contribution in [3.63, 3.8) is 0 Å². The number of fused-ring (bicyclic) bond motifs is 1. The van der Waals surface area contributed by atoms with Crippen LogP contribution >= 0.6 is 0 Å². The molecule has 0 bridgehead atoms. The average molecular weight is 239 g/mol. The number of hydrogen-bond acceptors (Lipinski definition) is 3. The molecule has 0 saturated carbocycles. The van der Waals surface area contributed by atoms with Gasteiger partial charge >= 0.3 is 0 Å². The van der Waals surface area contributed by atoms with Crippen LogP contribution in [0, 0.1) is 0 Å². The van der Waals surface area contributed by atoms with Crippen LogP contribution in [-0.2, 0) is 0 Å². The topological polar surface area (TPSA) is 50.8 Å². The van der Waals surface area contributed by atoms with Gasteiger partial charge in [0.2, 0.25) is 0 Å². The molecular weight excluding hydrogens is 226 g/mol. The molecule has 0 unspecified atom stereocenters. The second-order valence-electron chi connectivity index (χ2n) is 3.95. The van der Waals surface area contributed by atoms with Gasteiger partial charge in [-0.05, 0) is 30.7 Å². The predicted octanol–water partition coefficient (Wildman–Crippen LogP) is 3.02. The largest absolute Gasteiger partial charge is 0.465 e. The number of H-pyrrole nitrogens is 1. The molecule has 0 aliphatic rings. The van der Waals surface area contributed by atoms with Gasteiger partial charge in [0.1, 0.15) is 0 Å². The van der Waals surface area contributed by atoms with Gasteiger partial charge < -0.3 is 9.72 Å². The Balaban J connectivity index is 2.05. The fourth-order valence-corrected chi connectivity index (χ4v) is 1.90. The molecule has 0 fully saturated rings. The molecular formula is C14H13N3O. The van der Waals surface area contributed by atoms with Crippen molar-refractivity contribution >= 4 is 11.0 Å². The number of ether oxygens (including phenoxy) is 1. The number of hydrogen-bond donors (Lipinski definition) is 1. The summed E-state index contributed by atoms with van der Waals surface area (Å²) in [4.78, 5) is 11.6. The summed E-state index contributed by atoms with van der Waals surface area (Å²) in [6, 6.07) is 10.6. The van der Waals surface area contributed by atoms with Crippen LogP contribution in [0.2, 0.25) is 0 Å². The van der Waals surface area contributed by atoms with Crippen LogP contribution in [0.25, 0.3) is 22.2 Å². The van der Waals surface area contributed by atoms with Crippen molar-refractivity contribution in [3.8, 4) is 17.1 Å². The second kappa shape index (κ2) is 4.49. The summed E-state index contributed by atoms with van der Waals surface area (Å²) in [7, 11) is 0. The van der Waals surface area contributed by atoms with Crippen LogP contribution in [0.5, 0.6) is 6.01 Å². The van der Waals surface area contributed by atoms with Crippen LogP contribution in [-0.4, -0.2) is 21.6 Å². The molecule has 0 atom stereocenters. The number of imidazole rings is 1. The fourth-order valence-electron chi connectivity index (χ4n) is 1.90. The zero-order valence-electron chi connectivity index (χ0n) is 10.1. The van der Waals surface area contributed by atoms with E-state index in [1.165, 1.54) is 0 Å². The lowest BCUT2D eigenvalue weighted by molar-refractivity contribution is 0.317.